The molecule has 9 heteroatoms. The summed E-state index contributed by atoms with van der Waals surface area (Å²) >= 11 is 2.04. The van der Waals surface area contributed by atoms with Crippen molar-refractivity contribution < 1.29 is 19.4 Å². The van der Waals surface area contributed by atoms with Gasteiger partial charge < -0.3 is 14.6 Å². The van der Waals surface area contributed by atoms with Crippen molar-refractivity contribution in [2.24, 2.45) is 5.10 Å². The van der Waals surface area contributed by atoms with Crippen LogP contribution in [0, 0.1) is 3.57 Å². The highest BCUT2D eigenvalue weighted by atomic mass is 127. The number of carboxylic acids is 1. The third-order valence-corrected chi connectivity index (χ3v) is 3.14. The van der Waals surface area contributed by atoms with Crippen LogP contribution in [0.5, 0.6) is 11.5 Å². The minimum Gasteiger partial charge on any atom is -0.493 e. The average molecular weight is 402 g/mol. The van der Waals surface area contributed by atoms with E-state index in [0.717, 1.165) is 9.13 Å². The number of carboxylic acid groups (broad SMARTS) is 1. The van der Waals surface area contributed by atoms with Gasteiger partial charge in [-0.05, 0) is 40.3 Å². The number of hydrogen-bond acceptors (Lipinski definition) is 6. The van der Waals surface area contributed by atoms with E-state index >= 15 is 0 Å². The number of nitrogens with zero attached hydrogens (tertiary/aromatic N) is 4. The topological polar surface area (TPSA) is 98.8 Å². The summed E-state index contributed by atoms with van der Waals surface area (Å²) in [5, 5.41) is 20.1. The first-order valence-corrected chi connectivity index (χ1v) is 6.79. The van der Waals surface area contributed by atoms with Gasteiger partial charge in [-0.3, -0.25) is 0 Å². The highest BCUT2D eigenvalue weighted by Crippen LogP contribution is 2.33. The van der Waals surface area contributed by atoms with Gasteiger partial charge in [0.25, 0.3) is 0 Å². The molecule has 0 aliphatic carbocycles. The molecular weight excluding hydrogens is 391 g/mol. The van der Waals surface area contributed by atoms with Gasteiger partial charge in [0.2, 0.25) is 0 Å². The molecule has 0 saturated carbocycles. The maximum Gasteiger partial charge on any atom is 0.341 e. The summed E-state index contributed by atoms with van der Waals surface area (Å²) in [6.45, 7) is -0.430. The van der Waals surface area contributed by atoms with Gasteiger partial charge in [0.05, 0.1) is 16.9 Å². The first kappa shape index (κ1) is 15.2. The Balaban J connectivity index is 2.25. The summed E-state index contributed by atoms with van der Waals surface area (Å²) in [7, 11) is 1.49. The molecule has 21 heavy (non-hydrogen) atoms. The van der Waals surface area contributed by atoms with Crippen LogP contribution in [0.4, 0.5) is 0 Å². The molecule has 0 radical (unpaired) electrons. The molecule has 110 valence electrons. The Morgan fingerprint density at radius 3 is 2.81 bits per heavy atom. The molecule has 0 atom stereocenters. The molecule has 8 nitrogen and oxygen atoms in total. The fourth-order valence-electron chi connectivity index (χ4n) is 1.48. The van der Waals surface area contributed by atoms with Gasteiger partial charge >= 0.3 is 5.97 Å². The Morgan fingerprint density at radius 2 is 2.19 bits per heavy atom. The van der Waals surface area contributed by atoms with Crippen LogP contribution in [0.15, 0.2) is 29.9 Å². The smallest absolute Gasteiger partial charge is 0.341 e. The second-order valence-corrected chi connectivity index (χ2v) is 4.97. The minimum absolute atomic E-state index is 0.391. The van der Waals surface area contributed by atoms with Crippen molar-refractivity contribution in [3.8, 4) is 11.5 Å². The second kappa shape index (κ2) is 7.02. The van der Waals surface area contributed by atoms with Crippen LogP contribution < -0.4 is 9.47 Å². The van der Waals surface area contributed by atoms with Crippen LogP contribution in [0.25, 0.3) is 0 Å². The molecule has 1 aromatic carbocycles. The molecule has 0 unspecified atom stereocenters. The standard InChI is InChI=1S/C12H11IN4O4/c1-20-10-3-8(4-16-17-6-14-15-7-17)2-9(13)12(10)21-5-11(18)19/h2-4,6-7H,5H2,1H3,(H,18,19)/b16-4-. The number of ether oxygens (including phenoxy) is 2. The Bertz CT molecular complexity index is 658. The van der Waals surface area contributed by atoms with Crippen LogP contribution in [0.3, 0.4) is 0 Å². The summed E-state index contributed by atoms with van der Waals surface area (Å²) in [5.74, 6) is -0.221. The largest absolute Gasteiger partial charge is 0.493 e. The lowest BCUT2D eigenvalue weighted by Crippen LogP contribution is -2.11. The number of methoxy groups -OCH3 is 1. The lowest BCUT2D eigenvalue weighted by molar-refractivity contribution is -0.139. The Labute approximate surface area is 133 Å². The quantitative estimate of drug-likeness (QED) is 0.577. The van der Waals surface area contributed by atoms with Crippen molar-refractivity contribution in [1.82, 2.24) is 14.9 Å². The molecule has 0 saturated heterocycles. The molecule has 0 bridgehead atoms. The normalized spacial score (nSPS) is 10.8. The van der Waals surface area contributed by atoms with Crippen molar-refractivity contribution in [2.45, 2.75) is 0 Å². The van der Waals surface area contributed by atoms with Gasteiger partial charge in [0.15, 0.2) is 18.1 Å². The summed E-state index contributed by atoms with van der Waals surface area (Å²) in [6.07, 6.45) is 4.53. The van der Waals surface area contributed by atoms with Gasteiger partial charge in [-0.15, -0.1) is 10.2 Å². The highest BCUT2D eigenvalue weighted by molar-refractivity contribution is 14.1. The number of halogens is 1. The zero-order valence-electron chi connectivity index (χ0n) is 10.9. The van der Waals surface area contributed by atoms with Crippen LogP contribution >= 0.6 is 22.6 Å². The van der Waals surface area contributed by atoms with E-state index in [-0.39, 0.29) is 0 Å². The second-order valence-electron chi connectivity index (χ2n) is 3.80. The molecule has 2 aromatic rings. The molecular formula is C12H11IN4O4. The van der Waals surface area contributed by atoms with Crippen molar-refractivity contribution in [3.05, 3.63) is 33.9 Å². The van der Waals surface area contributed by atoms with Gasteiger partial charge in [-0.2, -0.15) is 5.10 Å². The van der Waals surface area contributed by atoms with Crippen LogP contribution in [0.1, 0.15) is 5.56 Å². The number of aliphatic carboxylic acids is 1. The molecule has 2 rings (SSSR count). The lowest BCUT2D eigenvalue weighted by Gasteiger charge is -2.12. The van der Waals surface area contributed by atoms with E-state index in [2.05, 4.69) is 15.3 Å². The van der Waals surface area contributed by atoms with Gasteiger partial charge in [0, 0.05) is 0 Å². The molecule has 0 aliphatic heterocycles. The summed E-state index contributed by atoms with van der Waals surface area (Å²) in [6, 6.07) is 3.50. The Morgan fingerprint density at radius 1 is 1.48 bits per heavy atom. The third kappa shape index (κ3) is 4.15. The average Bonchev–Trinajstić information content (AvgIpc) is 2.96. The Hall–Kier alpha value is -2.17. The maximum absolute atomic E-state index is 10.6. The molecule has 0 spiro atoms. The van der Waals surface area contributed by atoms with Crippen molar-refractivity contribution >= 4 is 34.8 Å². The van der Waals surface area contributed by atoms with E-state index in [1.165, 1.54) is 24.4 Å². The zero-order chi connectivity index (χ0) is 15.2. The molecule has 1 aromatic heterocycles. The van der Waals surface area contributed by atoms with E-state index in [1.54, 1.807) is 18.3 Å². The maximum atomic E-state index is 10.6. The summed E-state index contributed by atoms with van der Waals surface area (Å²) in [4.78, 5) is 10.6. The summed E-state index contributed by atoms with van der Waals surface area (Å²) in [5.41, 5.74) is 0.771. The van der Waals surface area contributed by atoms with Crippen molar-refractivity contribution in [3.63, 3.8) is 0 Å². The number of benzene rings is 1. The van der Waals surface area contributed by atoms with Gasteiger partial charge in [-0.25, -0.2) is 9.47 Å². The molecule has 1 N–H and O–H groups in total. The monoisotopic (exact) mass is 402 g/mol. The van der Waals surface area contributed by atoms with Gasteiger partial charge in [-0.1, -0.05) is 0 Å². The fraction of sp³-hybridized carbons (Fsp3) is 0.167. The SMILES string of the molecule is COc1cc(/C=N\n2cnnc2)cc(I)c1OCC(=O)O. The van der Waals surface area contributed by atoms with Crippen LogP contribution in [-0.4, -0.2) is 45.9 Å². The van der Waals surface area contributed by atoms with E-state index in [9.17, 15) is 4.79 Å². The first-order chi connectivity index (χ1) is 10.1. The van der Waals surface area contributed by atoms with Crippen LogP contribution in [0.2, 0.25) is 0 Å². The molecule has 1 heterocycles. The highest BCUT2D eigenvalue weighted by Gasteiger charge is 2.12. The van der Waals surface area contributed by atoms with Crippen LogP contribution in [-0.2, 0) is 4.79 Å². The van der Waals surface area contributed by atoms with Crippen molar-refractivity contribution in [1.29, 1.82) is 0 Å². The third-order valence-electron chi connectivity index (χ3n) is 2.34. The van der Waals surface area contributed by atoms with E-state index in [0.29, 0.717) is 11.5 Å². The number of carbonyl (C=O) groups is 1. The van der Waals surface area contributed by atoms with Crippen molar-refractivity contribution in [2.75, 3.05) is 13.7 Å². The zero-order valence-corrected chi connectivity index (χ0v) is 13.1. The summed E-state index contributed by atoms with van der Waals surface area (Å²) < 4.78 is 12.6. The predicted octanol–water partition coefficient (Wildman–Crippen LogP) is 1.24. The fourth-order valence-corrected chi connectivity index (χ4v) is 2.26. The van der Waals surface area contributed by atoms with Gasteiger partial charge in [0.1, 0.15) is 12.7 Å². The number of hydrogen-bond donors (Lipinski definition) is 1. The Kier molecular flexibility index (Phi) is 5.09. The molecule has 0 aliphatic rings. The molecule has 0 fully saturated rings. The lowest BCUT2D eigenvalue weighted by atomic mass is 10.2. The first-order valence-electron chi connectivity index (χ1n) is 5.71. The number of aromatic nitrogens is 3. The van der Waals surface area contributed by atoms with E-state index < -0.39 is 12.6 Å². The predicted molar refractivity (Wildman–Crippen MR) is 81.9 cm³/mol. The van der Waals surface area contributed by atoms with E-state index in [1.807, 2.05) is 22.6 Å². The minimum atomic E-state index is -1.05. The van der Waals surface area contributed by atoms with E-state index in [4.69, 9.17) is 14.6 Å². The number of rotatable bonds is 6. The molecule has 0 amide bonds.